The third-order valence-electron chi connectivity index (χ3n) is 1.89. The largest absolute Gasteiger partial charge is 0.382 e. The Morgan fingerprint density at radius 2 is 2.08 bits per heavy atom. The van der Waals surface area contributed by atoms with Crippen molar-refractivity contribution in [3.8, 4) is 0 Å². The fourth-order valence-electron chi connectivity index (χ4n) is 1.44. The molecule has 0 radical (unpaired) electrons. The summed E-state index contributed by atoms with van der Waals surface area (Å²) in [5.41, 5.74) is -0.209. The van der Waals surface area contributed by atoms with Crippen LogP contribution in [-0.2, 0) is 10.3 Å². The van der Waals surface area contributed by atoms with Crippen LogP contribution in [0, 0.1) is 6.92 Å². The maximum Gasteiger partial charge on any atom is 0.225 e. The first-order valence-corrected chi connectivity index (χ1v) is 4.44. The van der Waals surface area contributed by atoms with Crippen LogP contribution in [-0.4, -0.2) is 28.5 Å². The molecule has 4 nitrogen and oxygen atoms in total. The topological polar surface area (TPSA) is 39.9 Å². The highest BCUT2D eigenvalue weighted by Crippen LogP contribution is 2.21. The Bertz CT molecular complexity index is 276. The number of halogens is 1. The van der Waals surface area contributed by atoms with Gasteiger partial charge in [0.15, 0.2) is 0 Å². The van der Waals surface area contributed by atoms with E-state index >= 15 is 0 Å². The van der Waals surface area contributed by atoms with Crippen molar-refractivity contribution in [2.75, 3.05) is 13.7 Å². The predicted molar refractivity (Wildman–Crippen MR) is 51.0 cm³/mol. The molecule has 5 heteroatoms. The Labute approximate surface area is 82.9 Å². The molecule has 0 aromatic carbocycles. The van der Waals surface area contributed by atoms with Crippen LogP contribution in [0.1, 0.15) is 19.7 Å². The zero-order chi connectivity index (χ0) is 10.1. The first-order valence-electron chi connectivity index (χ1n) is 4.06. The summed E-state index contributed by atoms with van der Waals surface area (Å²) >= 11 is 5.90. The minimum Gasteiger partial charge on any atom is -0.382 e. The van der Waals surface area contributed by atoms with Crippen molar-refractivity contribution in [3.05, 3.63) is 11.1 Å². The van der Waals surface area contributed by atoms with Crippen LogP contribution in [0.5, 0.6) is 0 Å². The van der Waals surface area contributed by atoms with E-state index in [-0.39, 0.29) is 5.54 Å². The minimum absolute atomic E-state index is 0.209. The summed E-state index contributed by atoms with van der Waals surface area (Å²) in [6, 6.07) is 0. The van der Waals surface area contributed by atoms with Crippen molar-refractivity contribution in [2.45, 2.75) is 26.3 Å². The number of hydrogen-bond donors (Lipinski definition) is 0. The molecule has 1 heterocycles. The zero-order valence-corrected chi connectivity index (χ0v) is 9.09. The van der Waals surface area contributed by atoms with Gasteiger partial charge >= 0.3 is 0 Å². The van der Waals surface area contributed by atoms with Gasteiger partial charge in [-0.15, -0.1) is 10.2 Å². The minimum atomic E-state index is -0.209. The van der Waals surface area contributed by atoms with Gasteiger partial charge in [0.05, 0.1) is 12.1 Å². The molecular weight excluding hydrogens is 190 g/mol. The Kier molecular flexibility index (Phi) is 2.93. The molecule has 1 rings (SSSR count). The average Bonchev–Trinajstić information content (AvgIpc) is 2.31. The van der Waals surface area contributed by atoms with Gasteiger partial charge in [-0.05, 0) is 32.4 Å². The van der Waals surface area contributed by atoms with Gasteiger partial charge in [-0.25, -0.2) is 0 Å². The molecule has 0 aliphatic carbocycles. The van der Waals surface area contributed by atoms with Gasteiger partial charge in [-0.1, -0.05) is 0 Å². The van der Waals surface area contributed by atoms with Crippen LogP contribution >= 0.6 is 11.6 Å². The van der Waals surface area contributed by atoms with Gasteiger partial charge in [0.25, 0.3) is 0 Å². The predicted octanol–water partition coefficient (Wildman–Crippen LogP) is 1.62. The summed E-state index contributed by atoms with van der Waals surface area (Å²) in [5, 5.41) is 8.08. The summed E-state index contributed by atoms with van der Waals surface area (Å²) in [6.07, 6.45) is 0. The highest BCUT2D eigenvalue weighted by atomic mass is 35.5. The summed E-state index contributed by atoms with van der Waals surface area (Å²) in [6.45, 7) is 6.50. The highest BCUT2D eigenvalue weighted by molar-refractivity contribution is 6.28. The third kappa shape index (κ3) is 2.00. The number of ether oxygens (including phenoxy) is 1. The molecule has 0 atom stereocenters. The van der Waals surface area contributed by atoms with E-state index in [1.165, 1.54) is 0 Å². The standard InChI is InChI=1S/C8H14ClN3O/c1-6-10-11-7(9)12(6)8(2,3)5-13-4/h5H2,1-4H3. The second kappa shape index (κ2) is 3.64. The molecule has 0 fully saturated rings. The monoisotopic (exact) mass is 203 g/mol. The number of rotatable bonds is 3. The highest BCUT2D eigenvalue weighted by Gasteiger charge is 2.25. The maximum absolute atomic E-state index is 5.90. The molecule has 0 aliphatic rings. The van der Waals surface area contributed by atoms with Crippen molar-refractivity contribution < 1.29 is 4.74 Å². The van der Waals surface area contributed by atoms with E-state index in [0.29, 0.717) is 11.9 Å². The summed E-state index contributed by atoms with van der Waals surface area (Å²) in [7, 11) is 1.66. The van der Waals surface area contributed by atoms with Crippen LogP contribution in [0.4, 0.5) is 0 Å². The molecule has 0 amide bonds. The summed E-state index contributed by atoms with van der Waals surface area (Å²) < 4.78 is 6.96. The van der Waals surface area contributed by atoms with E-state index in [2.05, 4.69) is 10.2 Å². The summed E-state index contributed by atoms with van der Waals surface area (Å²) in [4.78, 5) is 0. The lowest BCUT2D eigenvalue weighted by atomic mass is 10.1. The average molecular weight is 204 g/mol. The summed E-state index contributed by atoms with van der Waals surface area (Å²) in [5.74, 6) is 0.798. The lowest BCUT2D eigenvalue weighted by molar-refractivity contribution is 0.108. The van der Waals surface area contributed by atoms with Crippen LogP contribution in [0.15, 0.2) is 0 Å². The molecule has 74 valence electrons. The Balaban J connectivity index is 3.05. The van der Waals surface area contributed by atoms with E-state index in [1.54, 1.807) is 7.11 Å². The quantitative estimate of drug-likeness (QED) is 0.750. The molecule has 0 spiro atoms. The molecule has 0 bridgehead atoms. The number of nitrogens with zero attached hydrogens (tertiary/aromatic N) is 3. The van der Waals surface area contributed by atoms with Gasteiger partial charge in [-0.2, -0.15) is 0 Å². The molecule has 1 aromatic heterocycles. The Morgan fingerprint density at radius 1 is 1.46 bits per heavy atom. The third-order valence-corrected chi connectivity index (χ3v) is 2.13. The number of methoxy groups -OCH3 is 1. The number of aryl methyl sites for hydroxylation is 1. The molecule has 0 unspecified atom stereocenters. The maximum atomic E-state index is 5.90. The molecule has 0 aliphatic heterocycles. The Hall–Kier alpha value is -0.610. The fourth-order valence-corrected chi connectivity index (χ4v) is 1.83. The van der Waals surface area contributed by atoms with E-state index in [0.717, 1.165) is 5.82 Å². The molecule has 0 N–H and O–H groups in total. The van der Waals surface area contributed by atoms with Gasteiger partial charge in [-0.3, -0.25) is 4.57 Å². The zero-order valence-electron chi connectivity index (χ0n) is 8.33. The molecule has 1 aromatic rings. The number of hydrogen-bond acceptors (Lipinski definition) is 3. The normalized spacial score (nSPS) is 12.1. The number of aromatic nitrogens is 3. The van der Waals surface area contributed by atoms with Crippen LogP contribution in [0.2, 0.25) is 5.28 Å². The Morgan fingerprint density at radius 3 is 2.46 bits per heavy atom. The van der Waals surface area contributed by atoms with Crippen molar-refractivity contribution in [1.82, 2.24) is 14.8 Å². The SMILES string of the molecule is COCC(C)(C)n1c(C)nnc1Cl. The van der Waals surface area contributed by atoms with Crippen molar-refractivity contribution in [3.63, 3.8) is 0 Å². The molecule has 0 saturated heterocycles. The second-order valence-electron chi connectivity index (χ2n) is 3.60. The van der Waals surface area contributed by atoms with Gasteiger partial charge in [0.2, 0.25) is 5.28 Å². The van der Waals surface area contributed by atoms with Crippen LogP contribution < -0.4 is 0 Å². The van der Waals surface area contributed by atoms with Crippen molar-refractivity contribution >= 4 is 11.6 Å². The molecular formula is C8H14ClN3O. The van der Waals surface area contributed by atoms with Crippen LogP contribution in [0.25, 0.3) is 0 Å². The van der Waals surface area contributed by atoms with E-state index in [9.17, 15) is 0 Å². The van der Waals surface area contributed by atoms with Gasteiger partial charge in [0, 0.05) is 7.11 Å². The van der Waals surface area contributed by atoms with Crippen molar-refractivity contribution in [1.29, 1.82) is 0 Å². The smallest absolute Gasteiger partial charge is 0.225 e. The second-order valence-corrected chi connectivity index (χ2v) is 3.94. The van der Waals surface area contributed by atoms with E-state index in [4.69, 9.17) is 16.3 Å². The fraction of sp³-hybridized carbons (Fsp3) is 0.750. The van der Waals surface area contributed by atoms with Crippen LogP contribution in [0.3, 0.4) is 0 Å². The van der Waals surface area contributed by atoms with E-state index in [1.807, 2.05) is 25.3 Å². The molecule has 0 saturated carbocycles. The first kappa shape index (κ1) is 10.5. The van der Waals surface area contributed by atoms with Gasteiger partial charge < -0.3 is 4.74 Å². The van der Waals surface area contributed by atoms with E-state index < -0.39 is 0 Å². The molecule has 13 heavy (non-hydrogen) atoms. The van der Waals surface area contributed by atoms with Gasteiger partial charge in [0.1, 0.15) is 5.82 Å². The lowest BCUT2D eigenvalue weighted by Gasteiger charge is -2.26. The first-order chi connectivity index (χ1) is 5.99. The van der Waals surface area contributed by atoms with Crippen molar-refractivity contribution in [2.24, 2.45) is 0 Å². The lowest BCUT2D eigenvalue weighted by Crippen LogP contribution is -2.32.